The molecule has 0 aliphatic heterocycles. The van der Waals surface area contributed by atoms with Crippen LogP contribution in [0.3, 0.4) is 0 Å². The number of carbonyl (C=O) groups is 2. The number of pyridine rings is 1. The van der Waals surface area contributed by atoms with Crippen molar-refractivity contribution in [1.29, 1.82) is 0 Å². The third-order valence-corrected chi connectivity index (χ3v) is 6.72. The van der Waals surface area contributed by atoms with Crippen molar-refractivity contribution in [1.82, 2.24) is 14.7 Å². The molecule has 0 radical (unpaired) electrons. The van der Waals surface area contributed by atoms with Crippen LogP contribution in [0.4, 0.5) is 5.82 Å². The Morgan fingerprint density at radius 3 is 2.49 bits per heavy atom. The van der Waals surface area contributed by atoms with Gasteiger partial charge in [0.1, 0.15) is 11.5 Å². The molecule has 2 aromatic heterocycles. The van der Waals surface area contributed by atoms with Gasteiger partial charge in [-0.3, -0.25) is 14.0 Å². The molecular formula is C28H36N4O3. The van der Waals surface area contributed by atoms with Gasteiger partial charge >= 0.3 is 5.97 Å². The van der Waals surface area contributed by atoms with Gasteiger partial charge in [0.15, 0.2) is 5.65 Å². The van der Waals surface area contributed by atoms with Gasteiger partial charge in [-0.05, 0) is 64.2 Å². The molecule has 4 rings (SSSR count). The quantitative estimate of drug-likeness (QED) is 0.408. The van der Waals surface area contributed by atoms with Crippen molar-refractivity contribution in [2.24, 2.45) is 5.92 Å². The maximum atomic E-state index is 13.5. The monoisotopic (exact) mass is 476 g/mol. The summed E-state index contributed by atoms with van der Waals surface area (Å²) < 4.78 is 1.93. The lowest BCUT2D eigenvalue weighted by molar-refractivity contribution is -0.137. The normalized spacial score (nSPS) is 15.7. The average Bonchev–Trinajstić information content (AvgIpc) is 3.16. The first-order valence-corrected chi connectivity index (χ1v) is 12.5. The summed E-state index contributed by atoms with van der Waals surface area (Å²) in [7, 11) is 0. The summed E-state index contributed by atoms with van der Waals surface area (Å²) in [6, 6.07) is 11.3. The second kappa shape index (κ2) is 10.1. The van der Waals surface area contributed by atoms with Gasteiger partial charge in [-0.2, -0.15) is 0 Å². The molecule has 1 saturated carbocycles. The van der Waals surface area contributed by atoms with Crippen molar-refractivity contribution in [3.05, 3.63) is 53.7 Å². The number of carboxylic acid groups (broad SMARTS) is 1. The Kier molecular flexibility index (Phi) is 7.15. The van der Waals surface area contributed by atoms with Crippen molar-refractivity contribution in [3.63, 3.8) is 0 Å². The van der Waals surface area contributed by atoms with E-state index >= 15 is 0 Å². The van der Waals surface area contributed by atoms with Crippen molar-refractivity contribution < 1.29 is 14.7 Å². The first-order valence-electron chi connectivity index (χ1n) is 12.5. The van der Waals surface area contributed by atoms with E-state index in [1.54, 1.807) is 6.07 Å². The van der Waals surface area contributed by atoms with Crippen LogP contribution in [0.2, 0.25) is 0 Å². The molecule has 2 heterocycles. The summed E-state index contributed by atoms with van der Waals surface area (Å²) in [5.74, 6) is -0.163. The number of rotatable bonds is 7. The summed E-state index contributed by atoms with van der Waals surface area (Å²) in [6.07, 6.45) is 7.06. The molecule has 7 nitrogen and oxygen atoms in total. The lowest BCUT2D eigenvalue weighted by Crippen LogP contribution is -2.42. The van der Waals surface area contributed by atoms with Crippen LogP contribution in [0, 0.1) is 12.8 Å². The molecule has 7 heteroatoms. The topological polar surface area (TPSA) is 95.7 Å². The van der Waals surface area contributed by atoms with Crippen LogP contribution in [-0.4, -0.2) is 37.9 Å². The van der Waals surface area contributed by atoms with Crippen LogP contribution >= 0.6 is 0 Å². The van der Waals surface area contributed by atoms with E-state index < -0.39 is 12.0 Å². The molecule has 1 aliphatic carbocycles. The molecule has 0 bridgehead atoms. The summed E-state index contributed by atoms with van der Waals surface area (Å²) >= 11 is 0. The molecule has 0 saturated heterocycles. The number of carbonyl (C=O) groups excluding carboxylic acids is 1. The maximum absolute atomic E-state index is 13.5. The van der Waals surface area contributed by atoms with Gasteiger partial charge in [0, 0.05) is 23.3 Å². The van der Waals surface area contributed by atoms with E-state index in [2.05, 4.69) is 44.4 Å². The first-order chi connectivity index (χ1) is 16.6. The number of amides is 1. The van der Waals surface area contributed by atoms with E-state index in [9.17, 15) is 14.7 Å². The van der Waals surface area contributed by atoms with Crippen molar-refractivity contribution in [2.75, 3.05) is 5.32 Å². The molecule has 1 unspecified atom stereocenters. The van der Waals surface area contributed by atoms with E-state index in [1.807, 2.05) is 34.9 Å². The second-order valence-electron chi connectivity index (χ2n) is 10.7. The molecular weight excluding hydrogens is 440 g/mol. The zero-order chi connectivity index (χ0) is 25.2. The fourth-order valence-corrected chi connectivity index (χ4v) is 5.05. The van der Waals surface area contributed by atoms with Crippen molar-refractivity contribution in [2.45, 2.75) is 77.8 Å². The minimum atomic E-state index is -0.890. The summed E-state index contributed by atoms with van der Waals surface area (Å²) in [5.41, 5.74) is 3.65. The van der Waals surface area contributed by atoms with Gasteiger partial charge < -0.3 is 15.7 Å². The van der Waals surface area contributed by atoms with Gasteiger partial charge in [-0.1, -0.05) is 43.5 Å². The smallest absolute Gasteiger partial charge is 0.305 e. The third-order valence-electron chi connectivity index (χ3n) is 6.72. The maximum Gasteiger partial charge on any atom is 0.305 e. The fraction of sp³-hybridized carbons (Fsp3) is 0.464. The van der Waals surface area contributed by atoms with E-state index in [0.717, 1.165) is 48.3 Å². The molecule has 0 spiro atoms. The number of aromatic nitrogens is 2. The lowest BCUT2D eigenvalue weighted by atomic mass is 9.82. The van der Waals surface area contributed by atoms with Crippen LogP contribution in [0.25, 0.3) is 16.9 Å². The standard InChI is InChI=1S/C28H36N4O3/c1-18-11-8-9-14-20(18)24-26(31-28(2,3)4)32-16-10-15-21(25(32)30-24)27(35)29-22(17-23(33)34)19-12-6-5-7-13-19/h8-11,14-16,19,22,31H,5-7,12-13,17H2,1-4H3,(H,29,35)(H,33,34). The summed E-state index contributed by atoms with van der Waals surface area (Å²) in [5, 5.41) is 16.1. The molecule has 3 aromatic rings. The Morgan fingerprint density at radius 1 is 1.11 bits per heavy atom. The Morgan fingerprint density at radius 2 is 1.83 bits per heavy atom. The van der Waals surface area contributed by atoms with Crippen molar-refractivity contribution >= 4 is 23.3 Å². The van der Waals surface area contributed by atoms with E-state index in [4.69, 9.17) is 4.98 Å². The average molecular weight is 477 g/mol. The number of aliphatic carboxylic acids is 1. The lowest BCUT2D eigenvalue weighted by Gasteiger charge is -2.30. The number of nitrogens with one attached hydrogen (secondary N) is 2. The number of nitrogens with zero attached hydrogens (tertiary/aromatic N) is 2. The van der Waals surface area contributed by atoms with Crippen LogP contribution < -0.4 is 10.6 Å². The Labute approximate surface area is 207 Å². The molecule has 1 atom stereocenters. The van der Waals surface area contributed by atoms with E-state index in [0.29, 0.717) is 11.2 Å². The Hall–Kier alpha value is -3.35. The predicted octanol–water partition coefficient (Wildman–Crippen LogP) is 5.67. The highest BCUT2D eigenvalue weighted by Crippen LogP contribution is 2.34. The zero-order valence-corrected chi connectivity index (χ0v) is 21.1. The second-order valence-corrected chi connectivity index (χ2v) is 10.7. The minimum Gasteiger partial charge on any atom is -0.481 e. The number of benzene rings is 1. The highest BCUT2D eigenvalue weighted by Gasteiger charge is 2.29. The largest absolute Gasteiger partial charge is 0.481 e. The summed E-state index contributed by atoms with van der Waals surface area (Å²) in [6.45, 7) is 8.32. The van der Waals surface area contributed by atoms with Gasteiger partial charge in [-0.15, -0.1) is 0 Å². The van der Waals surface area contributed by atoms with E-state index in [1.165, 1.54) is 6.42 Å². The number of aryl methyl sites for hydroxylation is 1. The van der Waals surface area contributed by atoms with Gasteiger partial charge in [0.05, 0.1) is 12.0 Å². The number of anilines is 1. The van der Waals surface area contributed by atoms with Gasteiger partial charge in [0.25, 0.3) is 5.91 Å². The number of fused-ring (bicyclic) bond motifs is 1. The van der Waals surface area contributed by atoms with Gasteiger partial charge in [0.2, 0.25) is 0 Å². The van der Waals surface area contributed by atoms with Crippen LogP contribution in [0.1, 0.15) is 75.2 Å². The molecule has 35 heavy (non-hydrogen) atoms. The third kappa shape index (κ3) is 5.66. The highest BCUT2D eigenvalue weighted by atomic mass is 16.4. The van der Waals surface area contributed by atoms with Gasteiger partial charge in [-0.25, -0.2) is 4.98 Å². The SMILES string of the molecule is Cc1ccccc1-c1nc2c(C(=O)NC(CC(=O)O)C3CCCCC3)cccn2c1NC(C)(C)C. The first kappa shape index (κ1) is 24.8. The van der Waals surface area contributed by atoms with Crippen LogP contribution in [-0.2, 0) is 4.79 Å². The van der Waals surface area contributed by atoms with Crippen LogP contribution in [0.15, 0.2) is 42.6 Å². The molecule has 186 valence electrons. The number of hydrogen-bond acceptors (Lipinski definition) is 4. The molecule has 3 N–H and O–H groups in total. The zero-order valence-electron chi connectivity index (χ0n) is 21.1. The van der Waals surface area contributed by atoms with Crippen LogP contribution in [0.5, 0.6) is 0 Å². The Bertz CT molecular complexity index is 1220. The summed E-state index contributed by atoms with van der Waals surface area (Å²) in [4.78, 5) is 30.1. The Balaban J connectivity index is 1.76. The molecule has 1 aliphatic rings. The molecule has 1 aromatic carbocycles. The fourth-order valence-electron chi connectivity index (χ4n) is 5.05. The van der Waals surface area contributed by atoms with Crippen molar-refractivity contribution in [3.8, 4) is 11.3 Å². The molecule has 1 amide bonds. The number of carboxylic acids is 1. The number of hydrogen-bond donors (Lipinski definition) is 3. The minimum absolute atomic E-state index is 0.0702. The molecule has 1 fully saturated rings. The highest BCUT2D eigenvalue weighted by molar-refractivity contribution is 6.01. The predicted molar refractivity (Wildman–Crippen MR) is 139 cm³/mol. The van der Waals surface area contributed by atoms with E-state index in [-0.39, 0.29) is 23.8 Å². The number of imidazole rings is 1.